The first-order valence-electron chi connectivity index (χ1n) is 6.43. The van der Waals surface area contributed by atoms with Crippen LogP contribution < -0.4 is 10.6 Å². The zero-order valence-electron chi connectivity index (χ0n) is 11.1. The van der Waals surface area contributed by atoms with Gasteiger partial charge in [0.15, 0.2) is 0 Å². The first kappa shape index (κ1) is 12.2. The van der Waals surface area contributed by atoms with Crippen molar-refractivity contribution in [2.45, 2.75) is 26.8 Å². The van der Waals surface area contributed by atoms with Crippen molar-refractivity contribution in [1.82, 2.24) is 4.90 Å². The van der Waals surface area contributed by atoms with Crippen molar-refractivity contribution >= 4 is 11.4 Å². The lowest BCUT2D eigenvalue weighted by atomic mass is 10.1. The molecule has 0 radical (unpaired) electrons. The summed E-state index contributed by atoms with van der Waals surface area (Å²) in [7, 11) is 0. The Morgan fingerprint density at radius 2 is 1.76 bits per heavy atom. The van der Waals surface area contributed by atoms with Gasteiger partial charge in [-0.3, -0.25) is 4.90 Å². The minimum Gasteiger partial charge on any atom is -0.399 e. The Hall–Kier alpha value is -1.22. The van der Waals surface area contributed by atoms with E-state index < -0.39 is 0 Å². The lowest BCUT2D eigenvalue weighted by Crippen LogP contribution is -2.49. The summed E-state index contributed by atoms with van der Waals surface area (Å²) in [6.45, 7) is 11.2. The summed E-state index contributed by atoms with van der Waals surface area (Å²) < 4.78 is 0. The summed E-state index contributed by atoms with van der Waals surface area (Å²) >= 11 is 0. The van der Waals surface area contributed by atoms with Crippen LogP contribution in [0.5, 0.6) is 0 Å². The SMILES string of the molecule is Cc1ccc(N)cc1N1CCN(C(C)C)CC1. The molecule has 1 aliphatic heterocycles. The molecule has 0 unspecified atom stereocenters. The highest BCUT2D eigenvalue weighted by Crippen LogP contribution is 2.24. The molecule has 17 heavy (non-hydrogen) atoms. The Kier molecular flexibility index (Phi) is 3.57. The highest BCUT2D eigenvalue weighted by Gasteiger charge is 2.19. The van der Waals surface area contributed by atoms with Gasteiger partial charge in [0.2, 0.25) is 0 Å². The number of hydrogen-bond donors (Lipinski definition) is 1. The summed E-state index contributed by atoms with van der Waals surface area (Å²) in [5, 5.41) is 0. The van der Waals surface area contributed by atoms with Crippen molar-refractivity contribution in [3.63, 3.8) is 0 Å². The van der Waals surface area contributed by atoms with E-state index in [-0.39, 0.29) is 0 Å². The van der Waals surface area contributed by atoms with Crippen LogP contribution in [0.2, 0.25) is 0 Å². The van der Waals surface area contributed by atoms with E-state index in [1.54, 1.807) is 0 Å². The van der Waals surface area contributed by atoms with E-state index in [0.29, 0.717) is 6.04 Å². The van der Waals surface area contributed by atoms with Gasteiger partial charge in [-0.1, -0.05) is 6.07 Å². The van der Waals surface area contributed by atoms with Crippen molar-refractivity contribution in [3.8, 4) is 0 Å². The quantitative estimate of drug-likeness (QED) is 0.794. The van der Waals surface area contributed by atoms with E-state index in [4.69, 9.17) is 5.73 Å². The van der Waals surface area contributed by atoms with Crippen LogP contribution in [0.15, 0.2) is 18.2 Å². The van der Waals surface area contributed by atoms with Crippen molar-refractivity contribution in [1.29, 1.82) is 0 Å². The van der Waals surface area contributed by atoms with Gasteiger partial charge in [0.25, 0.3) is 0 Å². The van der Waals surface area contributed by atoms with Gasteiger partial charge >= 0.3 is 0 Å². The molecule has 1 aromatic carbocycles. The molecule has 1 aromatic rings. The number of piperazine rings is 1. The number of nitrogens with zero attached hydrogens (tertiary/aromatic N) is 2. The molecule has 0 amide bonds. The molecule has 1 heterocycles. The monoisotopic (exact) mass is 233 g/mol. The van der Waals surface area contributed by atoms with Crippen LogP contribution in [0.1, 0.15) is 19.4 Å². The van der Waals surface area contributed by atoms with Crippen molar-refractivity contribution in [2.24, 2.45) is 0 Å². The molecule has 2 rings (SSSR count). The number of nitrogen functional groups attached to an aromatic ring is 1. The summed E-state index contributed by atoms with van der Waals surface area (Å²) in [6, 6.07) is 6.84. The maximum atomic E-state index is 5.87. The predicted octanol–water partition coefficient (Wildman–Crippen LogP) is 2.11. The second kappa shape index (κ2) is 4.96. The molecule has 3 heteroatoms. The highest BCUT2D eigenvalue weighted by atomic mass is 15.3. The number of anilines is 2. The van der Waals surface area contributed by atoms with Crippen LogP contribution in [0.25, 0.3) is 0 Å². The molecule has 94 valence electrons. The molecule has 1 fully saturated rings. The Bertz CT molecular complexity index is 379. The van der Waals surface area contributed by atoms with Gasteiger partial charge in [0, 0.05) is 43.6 Å². The summed E-state index contributed by atoms with van der Waals surface area (Å²) in [6.07, 6.45) is 0. The maximum Gasteiger partial charge on any atom is 0.0417 e. The predicted molar refractivity (Wildman–Crippen MR) is 74.5 cm³/mol. The first-order valence-corrected chi connectivity index (χ1v) is 6.43. The normalized spacial score (nSPS) is 17.8. The first-order chi connectivity index (χ1) is 8.08. The fourth-order valence-electron chi connectivity index (χ4n) is 2.45. The van der Waals surface area contributed by atoms with Gasteiger partial charge in [-0.2, -0.15) is 0 Å². The average Bonchev–Trinajstić information content (AvgIpc) is 2.32. The van der Waals surface area contributed by atoms with Gasteiger partial charge in [-0.25, -0.2) is 0 Å². The lowest BCUT2D eigenvalue weighted by Gasteiger charge is -2.38. The molecule has 1 saturated heterocycles. The fraction of sp³-hybridized carbons (Fsp3) is 0.571. The molecular weight excluding hydrogens is 210 g/mol. The summed E-state index contributed by atoms with van der Waals surface area (Å²) in [4.78, 5) is 4.97. The Labute approximate surface area is 104 Å². The molecular formula is C14H23N3. The minimum atomic E-state index is 0.652. The van der Waals surface area contributed by atoms with E-state index in [0.717, 1.165) is 31.9 Å². The highest BCUT2D eigenvalue weighted by molar-refractivity contribution is 5.61. The van der Waals surface area contributed by atoms with Gasteiger partial charge < -0.3 is 10.6 Å². The Morgan fingerprint density at radius 1 is 1.12 bits per heavy atom. The molecule has 0 aliphatic carbocycles. The van der Waals surface area contributed by atoms with Crippen LogP contribution in [-0.4, -0.2) is 37.1 Å². The van der Waals surface area contributed by atoms with Crippen LogP contribution >= 0.6 is 0 Å². The molecule has 0 bridgehead atoms. The third-order valence-corrected chi connectivity index (χ3v) is 3.62. The van der Waals surface area contributed by atoms with Gasteiger partial charge in [0.05, 0.1) is 0 Å². The molecule has 1 aliphatic rings. The average molecular weight is 233 g/mol. The smallest absolute Gasteiger partial charge is 0.0417 e. The molecule has 3 nitrogen and oxygen atoms in total. The van der Waals surface area contributed by atoms with Crippen LogP contribution in [-0.2, 0) is 0 Å². The molecule has 0 aromatic heterocycles. The summed E-state index contributed by atoms with van der Waals surface area (Å²) in [5.74, 6) is 0. The Balaban J connectivity index is 2.07. The van der Waals surface area contributed by atoms with E-state index in [1.807, 2.05) is 6.07 Å². The summed E-state index contributed by atoms with van der Waals surface area (Å²) in [5.41, 5.74) is 9.35. The van der Waals surface area contributed by atoms with E-state index in [9.17, 15) is 0 Å². The number of hydrogen-bond acceptors (Lipinski definition) is 3. The van der Waals surface area contributed by atoms with Gasteiger partial charge in [0.1, 0.15) is 0 Å². The zero-order chi connectivity index (χ0) is 12.4. The molecule has 2 N–H and O–H groups in total. The van der Waals surface area contributed by atoms with Crippen molar-refractivity contribution in [2.75, 3.05) is 36.8 Å². The van der Waals surface area contributed by atoms with Crippen LogP contribution in [0.4, 0.5) is 11.4 Å². The van der Waals surface area contributed by atoms with Gasteiger partial charge in [-0.15, -0.1) is 0 Å². The number of nitrogens with two attached hydrogens (primary N) is 1. The standard InChI is InChI=1S/C14H23N3/c1-11(2)16-6-8-17(9-7-16)14-10-13(15)5-4-12(14)3/h4-5,10-11H,6-9,15H2,1-3H3. The van der Waals surface area contributed by atoms with E-state index in [1.165, 1.54) is 11.3 Å². The Morgan fingerprint density at radius 3 is 2.35 bits per heavy atom. The van der Waals surface area contributed by atoms with Gasteiger partial charge in [-0.05, 0) is 38.5 Å². The molecule has 0 spiro atoms. The minimum absolute atomic E-state index is 0.652. The number of benzene rings is 1. The second-order valence-electron chi connectivity index (χ2n) is 5.16. The number of aryl methyl sites for hydroxylation is 1. The third kappa shape index (κ3) is 2.72. The topological polar surface area (TPSA) is 32.5 Å². The molecule has 0 atom stereocenters. The van der Waals surface area contributed by atoms with Crippen molar-refractivity contribution in [3.05, 3.63) is 23.8 Å². The van der Waals surface area contributed by atoms with E-state index in [2.05, 4.69) is 42.7 Å². The lowest BCUT2D eigenvalue weighted by molar-refractivity contribution is 0.209. The molecule has 0 saturated carbocycles. The largest absolute Gasteiger partial charge is 0.399 e. The van der Waals surface area contributed by atoms with Crippen LogP contribution in [0.3, 0.4) is 0 Å². The maximum absolute atomic E-state index is 5.87. The van der Waals surface area contributed by atoms with E-state index >= 15 is 0 Å². The fourth-order valence-corrected chi connectivity index (χ4v) is 2.45. The second-order valence-corrected chi connectivity index (χ2v) is 5.16. The number of rotatable bonds is 2. The van der Waals surface area contributed by atoms with Crippen molar-refractivity contribution < 1.29 is 0 Å². The van der Waals surface area contributed by atoms with Crippen LogP contribution in [0, 0.1) is 6.92 Å². The third-order valence-electron chi connectivity index (χ3n) is 3.62. The zero-order valence-corrected chi connectivity index (χ0v) is 11.1.